The standard InChI is InChI=1S/C17H21N3O/c1-18-17-13-10-12(20-7-2-3-8-20)4-5-15(13)19-16-6-9-21-11-14(16)17/h4-5,10H,2-3,6-9,11H2,1H3,(H,18,19). The van der Waals surface area contributed by atoms with Crippen LogP contribution in [0.25, 0.3) is 10.9 Å². The fraction of sp³-hybridized carbons (Fsp3) is 0.471. The molecule has 1 saturated heterocycles. The monoisotopic (exact) mass is 283 g/mol. The Balaban J connectivity index is 1.88. The molecule has 0 spiro atoms. The summed E-state index contributed by atoms with van der Waals surface area (Å²) in [6.45, 7) is 3.78. The Hall–Kier alpha value is -1.81. The van der Waals surface area contributed by atoms with E-state index < -0.39 is 0 Å². The Kier molecular flexibility index (Phi) is 3.19. The molecule has 110 valence electrons. The van der Waals surface area contributed by atoms with Gasteiger partial charge in [0.25, 0.3) is 0 Å². The van der Waals surface area contributed by atoms with Gasteiger partial charge in [0, 0.05) is 43.2 Å². The van der Waals surface area contributed by atoms with Crippen molar-refractivity contribution in [2.24, 2.45) is 0 Å². The second-order valence-electron chi connectivity index (χ2n) is 5.86. The van der Waals surface area contributed by atoms with Crippen LogP contribution in [0.5, 0.6) is 0 Å². The van der Waals surface area contributed by atoms with Gasteiger partial charge in [-0.3, -0.25) is 4.98 Å². The third kappa shape index (κ3) is 2.14. The van der Waals surface area contributed by atoms with E-state index in [1.165, 1.54) is 53.9 Å². The summed E-state index contributed by atoms with van der Waals surface area (Å²) in [5.74, 6) is 0. The first-order chi connectivity index (χ1) is 10.4. The molecule has 21 heavy (non-hydrogen) atoms. The largest absolute Gasteiger partial charge is 0.387 e. The molecule has 1 N–H and O–H groups in total. The number of benzene rings is 1. The van der Waals surface area contributed by atoms with E-state index in [4.69, 9.17) is 9.72 Å². The second-order valence-corrected chi connectivity index (χ2v) is 5.86. The number of nitrogens with one attached hydrogen (secondary N) is 1. The molecular weight excluding hydrogens is 262 g/mol. The lowest BCUT2D eigenvalue weighted by molar-refractivity contribution is 0.110. The van der Waals surface area contributed by atoms with E-state index in [0.717, 1.165) is 18.5 Å². The van der Waals surface area contributed by atoms with Crippen LogP contribution in [0, 0.1) is 0 Å². The molecule has 2 aliphatic heterocycles. The number of hydrogen-bond acceptors (Lipinski definition) is 4. The molecular formula is C17H21N3O. The molecule has 0 aliphatic carbocycles. The predicted octanol–water partition coefficient (Wildman–Crippen LogP) is 2.95. The summed E-state index contributed by atoms with van der Waals surface area (Å²) in [6.07, 6.45) is 3.51. The van der Waals surface area contributed by atoms with Crippen LogP contribution in [0.4, 0.5) is 11.4 Å². The lowest BCUT2D eigenvalue weighted by Gasteiger charge is -2.23. The molecule has 2 aromatic rings. The minimum Gasteiger partial charge on any atom is -0.387 e. The van der Waals surface area contributed by atoms with Gasteiger partial charge in [-0.05, 0) is 31.0 Å². The zero-order chi connectivity index (χ0) is 14.2. The van der Waals surface area contributed by atoms with Crippen molar-refractivity contribution in [2.75, 3.05) is 37.0 Å². The number of pyridine rings is 1. The molecule has 4 rings (SSSR count). The van der Waals surface area contributed by atoms with Crippen LogP contribution in [0.3, 0.4) is 0 Å². The summed E-state index contributed by atoms with van der Waals surface area (Å²) in [6, 6.07) is 6.67. The Morgan fingerprint density at radius 2 is 2.10 bits per heavy atom. The molecule has 0 unspecified atom stereocenters. The fourth-order valence-electron chi connectivity index (χ4n) is 3.50. The van der Waals surface area contributed by atoms with Crippen LogP contribution < -0.4 is 10.2 Å². The molecule has 0 radical (unpaired) electrons. The van der Waals surface area contributed by atoms with Gasteiger partial charge < -0.3 is 15.0 Å². The van der Waals surface area contributed by atoms with Crippen LogP contribution in [0.15, 0.2) is 18.2 Å². The SMILES string of the molecule is CNc1c2c(nc3ccc(N4CCCC4)cc13)CCOC2. The second kappa shape index (κ2) is 5.19. The molecule has 0 bridgehead atoms. The summed E-state index contributed by atoms with van der Waals surface area (Å²) in [5, 5.41) is 4.59. The Labute approximate surface area is 125 Å². The predicted molar refractivity (Wildman–Crippen MR) is 86.1 cm³/mol. The number of rotatable bonds is 2. The molecule has 0 amide bonds. The fourth-order valence-corrected chi connectivity index (χ4v) is 3.50. The van der Waals surface area contributed by atoms with Crippen molar-refractivity contribution < 1.29 is 4.74 Å². The smallest absolute Gasteiger partial charge is 0.0755 e. The molecule has 1 fully saturated rings. The first-order valence-corrected chi connectivity index (χ1v) is 7.83. The van der Waals surface area contributed by atoms with Gasteiger partial charge in [-0.1, -0.05) is 0 Å². The van der Waals surface area contributed by atoms with Crippen molar-refractivity contribution in [1.82, 2.24) is 4.98 Å². The lowest BCUT2D eigenvalue weighted by atomic mass is 10.0. The van der Waals surface area contributed by atoms with Gasteiger partial charge in [-0.25, -0.2) is 0 Å². The van der Waals surface area contributed by atoms with E-state index in [1.54, 1.807) is 0 Å². The Bertz CT molecular complexity index is 677. The zero-order valence-corrected chi connectivity index (χ0v) is 12.5. The number of aromatic nitrogens is 1. The maximum atomic E-state index is 5.63. The van der Waals surface area contributed by atoms with Crippen molar-refractivity contribution >= 4 is 22.3 Å². The summed E-state index contributed by atoms with van der Waals surface area (Å²) in [4.78, 5) is 7.32. The van der Waals surface area contributed by atoms with E-state index in [2.05, 4.69) is 28.4 Å². The van der Waals surface area contributed by atoms with Gasteiger partial charge in [-0.15, -0.1) is 0 Å². The van der Waals surface area contributed by atoms with Crippen molar-refractivity contribution in [3.63, 3.8) is 0 Å². The molecule has 4 heteroatoms. The zero-order valence-electron chi connectivity index (χ0n) is 12.5. The quantitative estimate of drug-likeness (QED) is 0.919. The lowest BCUT2D eigenvalue weighted by Crippen LogP contribution is -2.18. The van der Waals surface area contributed by atoms with E-state index in [-0.39, 0.29) is 0 Å². The van der Waals surface area contributed by atoms with Crippen LogP contribution in [0.1, 0.15) is 24.1 Å². The van der Waals surface area contributed by atoms with E-state index in [9.17, 15) is 0 Å². The van der Waals surface area contributed by atoms with E-state index in [0.29, 0.717) is 6.61 Å². The van der Waals surface area contributed by atoms with Crippen molar-refractivity contribution in [2.45, 2.75) is 25.9 Å². The average molecular weight is 283 g/mol. The first-order valence-electron chi connectivity index (χ1n) is 7.83. The van der Waals surface area contributed by atoms with E-state index in [1.807, 2.05) is 7.05 Å². The Morgan fingerprint density at radius 1 is 1.24 bits per heavy atom. The van der Waals surface area contributed by atoms with Crippen LogP contribution in [0.2, 0.25) is 0 Å². The molecule has 1 aromatic carbocycles. The Morgan fingerprint density at radius 3 is 2.90 bits per heavy atom. The van der Waals surface area contributed by atoms with Crippen LogP contribution >= 0.6 is 0 Å². The average Bonchev–Trinajstić information content (AvgIpc) is 3.06. The highest BCUT2D eigenvalue weighted by molar-refractivity contribution is 5.95. The molecule has 1 aromatic heterocycles. The first kappa shape index (κ1) is 12.9. The maximum absolute atomic E-state index is 5.63. The number of nitrogens with zero attached hydrogens (tertiary/aromatic N) is 2. The van der Waals surface area contributed by atoms with Crippen molar-refractivity contribution in [3.05, 3.63) is 29.5 Å². The number of fused-ring (bicyclic) bond motifs is 2. The topological polar surface area (TPSA) is 37.4 Å². The minimum atomic E-state index is 0.669. The van der Waals surface area contributed by atoms with E-state index >= 15 is 0 Å². The number of ether oxygens (including phenoxy) is 1. The third-order valence-corrected chi connectivity index (χ3v) is 4.61. The van der Waals surface area contributed by atoms with Crippen molar-refractivity contribution in [3.8, 4) is 0 Å². The summed E-state index contributed by atoms with van der Waals surface area (Å²) < 4.78 is 5.63. The summed E-state index contributed by atoms with van der Waals surface area (Å²) >= 11 is 0. The normalized spacial score (nSPS) is 18.0. The molecule has 4 nitrogen and oxygen atoms in total. The van der Waals surface area contributed by atoms with Crippen LogP contribution in [-0.2, 0) is 17.8 Å². The maximum Gasteiger partial charge on any atom is 0.0755 e. The van der Waals surface area contributed by atoms with Gasteiger partial charge in [0.05, 0.1) is 30.1 Å². The van der Waals surface area contributed by atoms with Gasteiger partial charge >= 0.3 is 0 Å². The highest BCUT2D eigenvalue weighted by atomic mass is 16.5. The van der Waals surface area contributed by atoms with Gasteiger partial charge in [0.2, 0.25) is 0 Å². The van der Waals surface area contributed by atoms with Gasteiger partial charge in [0.1, 0.15) is 0 Å². The van der Waals surface area contributed by atoms with Crippen LogP contribution in [-0.4, -0.2) is 31.7 Å². The minimum absolute atomic E-state index is 0.669. The summed E-state index contributed by atoms with van der Waals surface area (Å²) in [5.41, 5.74) is 6.01. The molecule has 0 atom stereocenters. The third-order valence-electron chi connectivity index (χ3n) is 4.61. The van der Waals surface area contributed by atoms with Gasteiger partial charge in [0.15, 0.2) is 0 Å². The number of anilines is 2. The summed E-state index contributed by atoms with van der Waals surface area (Å²) in [7, 11) is 1.99. The molecule has 0 saturated carbocycles. The van der Waals surface area contributed by atoms with Gasteiger partial charge in [-0.2, -0.15) is 0 Å². The highest BCUT2D eigenvalue weighted by Gasteiger charge is 2.19. The molecule has 3 heterocycles. The highest BCUT2D eigenvalue weighted by Crippen LogP contribution is 2.34. The van der Waals surface area contributed by atoms with Crippen molar-refractivity contribution in [1.29, 1.82) is 0 Å². The number of hydrogen-bond donors (Lipinski definition) is 1. The molecule has 2 aliphatic rings.